The summed E-state index contributed by atoms with van der Waals surface area (Å²) < 4.78 is 22.2. The molecule has 1 aromatic carbocycles. The SMILES string of the molecule is CCc1ncc2c(=O)n(CCC[NH+]3CC[NH+](Cc4ccc(F)cc4)CC3)c3ccc(OC)nc3n12.[Cl-].[Cl-]. The van der Waals surface area contributed by atoms with E-state index in [-0.39, 0.29) is 36.2 Å². The Bertz CT molecular complexity index is 1380. The molecule has 1 fully saturated rings. The number of hydrogen-bond donors (Lipinski definition) is 2. The first-order chi connectivity index (χ1) is 17.1. The van der Waals surface area contributed by atoms with Crippen molar-refractivity contribution < 1.29 is 43.7 Å². The van der Waals surface area contributed by atoms with Gasteiger partial charge in [0.2, 0.25) is 5.88 Å². The van der Waals surface area contributed by atoms with E-state index >= 15 is 0 Å². The van der Waals surface area contributed by atoms with Crippen molar-refractivity contribution in [2.24, 2.45) is 0 Å². The van der Waals surface area contributed by atoms with Crippen LogP contribution in [0.2, 0.25) is 0 Å². The van der Waals surface area contributed by atoms with Gasteiger partial charge in [0.25, 0.3) is 5.56 Å². The molecule has 200 valence electrons. The van der Waals surface area contributed by atoms with Crippen molar-refractivity contribution in [1.82, 2.24) is 18.9 Å². The van der Waals surface area contributed by atoms with Gasteiger partial charge in [-0.2, -0.15) is 4.98 Å². The second-order valence-electron chi connectivity index (χ2n) is 9.31. The Morgan fingerprint density at radius 2 is 1.70 bits per heavy atom. The van der Waals surface area contributed by atoms with Gasteiger partial charge in [0.15, 0.2) is 5.65 Å². The molecule has 1 saturated heterocycles. The first-order valence-corrected chi connectivity index (χ1v) is 12.4. The molecular formula is C26H33Cl2FN6O2. The summed E-state index contributed by atoms with van der Waals surface area (Å²) in [6, 6.07) is 10.6. The second-order valence-corrected chi connectivity index (χ2v) is 9.31. The summed E-state index contributed by atoms with van der Waals surface area (Å²) >= 11 is 0. The Morgan fingerprint density at radius 1 is 1.00 bits per heavy atom. The van der Waals surface area contributed by atoms with Crippen molar-refractivity contribution in [3.05, 3.63) is 70.2 Å². The molecule has 8 nitrogen and oxygen atoms in total. The van der Waals surface area contributed by atoms with Crippen LogP contribution in [0, 0.1) is 5.82 Å². The Balaban J connectivity index is 0.00000190. The van der Waals surface area contributed by atoms with Crippen LogP contribution < -0.4 is 44.9 Å². The highest BCUT2D eigenvalue weighted by Crippen LogP contribution is 2.19. The zero-order valence-electron chi connectivity index (χ0n) is 21.1. The van der Waals surface area contributed by atoms with Gasteiger partial charge in [0, 0.05) is 31.0 Å². The van der Waals surface area contributed by atoms with E-state index in [4.69, 9.17) is 4.74 Å². The summed E-state index contributed by atoms with van der Waals surface area (Å²) in [5, 5.41) is 0. The monoisotopic (exact) mass is 550 g/mol. The number of hydrogen-bond acceptors (Lipinski definition) is 4. The van der Waals surface area contributed by atoms with Gasteiger partial charge in [0.05, 0.1) is 25.4 Å². The average Bonchev–Trinajstić information content (AvgIpc) is 3.33. The van der Waals surface area contributed by atoms with Crippen molar-refractivity contribution in [2.75, 3.05) is 39.8 Å². The van der Waals surface area contributed by atoms with E-state index < -0.39 is 0 Å². The maximum Gasteiger partial charge on any atom is 0.277 e. The number of imidazole rings is 1. The van der Waals surface area contributed by atoms with Gasteiger partial charge < -0.3 is 43.9 Å². The number of pyridine rings is 1. The molecule has 4 aromatic rings. The van der Waals surface area contributed by atoms with E-state index in [1.165, 1.54) is 17.7 Å². The lowest BCUT2D eigenvalue weighted by Crippen LogP contribution is -3.27. The number of ether oxygens (including phenoxy) is 1. The standard InChI is InChI=1S/C26H31FN6O2.2ClH/c1-3-23-28-17-22-26(34)32(21-9-10-24(35-2)29-25(21)33(22)23)12-4-11-30-13-15-31(16-14-30)18-19-5-7-20(27)8-6-19;;/h5-10,17H,3-4,11-16,18H2,1-2H3;2*1H. The molecule has 0 atom stereocenters. The van der Waals surface area contributed by atoms with E-state index in [0.717, 1.165) is 57.0 Å². The van der Waals surface area contributed by atoms with Gasteiger partial charge in [-0.25, -0.2) is 9.37 Å². The van der Waals surface area contributed by atoms with Crippen molar-refractivity contribution in [2.45, 2.75) is 32.9 Å². The minimum atomic E-state index is -0.182. The van der Waals surface area contributed by atoms with Gasteiger partial charge in [-0.15, -0.1) is 0 Å². The van der Waals surface area contributed by atoms with Crippen molar-refractivity contribution in [3.63, 3.8) is 0 Å². The quantitative estimate of drug-likeness (QED) is 0.229. The van der Waals surface area contributed by atoms with E-state index in [9.17, 15) is 9.18 Å². The van der Waals surface area contributed by atoms with Crippen LogP contribution in [0.15, 0.2) is 47.4 Å². The highest BCUT2D eigenvalue weighted by molar-refractivity contribution is 5.76. The molecular weight excluding hydrogens is 518 g/mol. The average molecular weight is 551 g/mol. The topological polar surface area (TPSA) is 70.3 Å². The normalized spacial score (nSPS) is 17.4. The summed E-state index contributed by atoms with van der Waals surface area (Å²) in [5.41, 5.74) is 3.22. The van der Waals surface area contributed by atoms with Crippen LogP contribution in [-0.2, 0) is 19.5 Å². The maximum atomic E-state index is 13.4. The van der Waals surface area contributed by atoms with Crippen molar-refractivity contribution >= 4 is 16.7 Å². The Kier molecular flexibility index (Phi) is 9.89. The number of rotatable bonds is 8. The molecule has 0 amide bonds. The highest BCUT2D eigenvalue weighted by atomic mass is 35.5. The van der Waals surface area contributed by atoms with Crippen molar-refractivity contribution in [3.8, 4) is 5.88 Å². The highest BCUT2D eigenvalue weighted by Gasteiger charge is 2.23. The predicted molar refractivity (Wildman–Crippen MR) is 132 cm³/mol. The summed E-state index contributed by atoms with van der Waals surface area (Å²) in [6.07, 6.45) is 3.28. The number of halogens is 3. The minimum absolute atomic E-state index is 0. The molecule has 11 heteroatoms. The van der Waals surface area contributed by atoms with Crippen LogP contribution >= 0.6 is 0 Å². The molecule has 3 aromatic heterocycles. The maximum absolute atomic E-state index is 13.4. The molecule has 0 unspecified atom stereocenters. The largest absolute Gasteiger partial charge is 1.00 e. The number of nitrogens with zero attached hydrogens (tertiary/aromatic N) is 4. The summed E-state index contributed by atoms with van der Waals surface area (Å²) in [7, 11) is 1.60. The number of aromatic nitrogens is 4. The lowest BCUT2D eigenvalue weighted by Gasteiger charge is -2.29. The van der Waals surface area contributed by atoms with Crippen molar-refractivity contribution in [1.29, 1.82) is 0 Å². The summed E-state index contributed by atoms with van der Waals surface area (Å²) in [5.74, 6) is 1.16. The molecule has 4 heterocycles. The lowest BCUT2D eigenvalue weighted by molar-refractivity contribution is -1.02. The molecule has 0 radical (unpaired) electrons. The Morgan fingerprint density at radius 3 is 2.38 bits per heavy atom. The fraction of sp³-hybridized carbons (Fsp3) is 0.423. The van der Waals surface area contributed by atoms with Crippen LogP contribution in [0.4, 0.5) is 4.39 Å². The zero-order valence-corrected chi connectivity index (χ0v) is 22.7. The van der Waals surface area contributed by atoms with Crippen LogP contribution in [0.1, 0.15) is 24.7 Å². The predicted octanol–water partition coefficient (Wildman–Crippen LogP) is -5.86. The minimum Gasteiger partial charge on any atom is -1.00 e. The smallest absolute Gasteiger partial charge is 0.277 e. The molecule has 1 aliphatic rings. The number of benzene rings is 1. The molecule has 0 spiro atoms. The van der Waals surface area contributed by atoms with Crippen LogP contribution in [0.5, 0.6) is 5.88 Å². The van der Waals surface area contributed by atoms with Gasteiger partial charge in [-0.3, -0.25) is 9.20 Å². The van der Waals surface area contributed by atoms with Gasteiger partial charge in [-0.1, -0.05) is 19.1 Å². The van der Waals surface area contributed by atoms with E-state index in [1.807, 2.05) is 34.1 Å². The first kappa shape index (κ1) is 28.8. The number of quaternary nitrogens is 2. The fourth-order valence-corrected chi connectivity index (χ4v) is 5.17. The Hall–Kier alpha value is -2.72. The number of aryl methyl sites for hydroxylation is 2. The third-order valence-corrected chi connectivity index (χ3v) is 7.10. The van der Waals surface area contributed by atoms with Gasteiger partial charge in [-0.05, 0) is 18.2 Å². The molecule has 0 bridgehead atoms. The van der Waals surface area contributed by atoms with Gasteiger partial charge >= 0.3 is 0 Å². The summed E-state index contributed by atoms with van der Waals surface area (Å²) in [4.78, 5) is 25.6. The first-order valence-electron chi connectivity index (χ1n) is 12.4. The molecule has 5 rings (SSSR count). The third-order valence-electron chi connectivity index (χ3n) is 7.10. The fourth-order valence-electron chi connectivity index (χ4n) is 5.17. The third kappa shape index (κ3) is 6.06. The number of methoxy groups -OCH3 is 1. The van der Waals surface area contributed by atoms with E-state index in [2.05, 4.69) is 9.97 Å². The van der Waals surface area contributed by atoms with Crippen LogP contribution in [0.25, 0.3) is 16.7 Å². The molecule has 0 aliphatic carbocycles. The van der Waals surface area contributed by atoms with Crippen LogP contribution in [0.3, 0.4) is 0 Å². The Labute approximate surface area is 227 Å². The van der Waals surface area contributed by atoms with Crippen LogP contribution in [-0.4, -0.2) is 58.8 Å². The number of fused-ring (bicyclic) bond motifs is 3. The number of nitrogens with one attached hydrogen (secondary N) is 2. The molecule has 37 heavy (non-hydrogen) atoms. The van der Waals surface area contributed by atoms with E-state index in [1.54, 1.807) is 29.2 Å². The van der Waals surface area contributed by atoms with E-state index in [0.29, 0.717) is 30.0 Å². The second kappa shape index (κ2) is 12.7. The lowest BCUT2D eigenvalue weighted by atomic mass is 10.2. The number of piperazine rings is 1. The van der Waals surface area contributed by atoms with Gasteiger partial charge in [0.1, 0.15) is 49.9 Å². The molecule has 1 aliphatic heterocycles. The molecule has 0 saturated carbocycles. The zero-order chi connectivity index (χ0) is 24.4. The molecule has 2 N–H and O–H groups in total. The summed E-state index contributed by atoms with van der Waals surface area (Å²) in [6.45, 7) is 9.03.